The van der Waals surface area contributed by atoms with Gasteiger partial charge in [0.25, 0.3) is 0 Å². The Morgan fingerprint density at radius 1 is 0.433 bits per heavy atom. The van der Waals surface area contributed by atoms with Gasteiger partial charge in [-0.05, 0) is 183 Å². The maximum Gasteiger partial charge on any atom is 0.248 e. The number of carbonyl (C=O) groups is 9. The molecule has 6 atom stereocenters. The number of alkyl halides is 3. The van der Waals surface area contributed by atoms with Gasteiger partial charge in [-0.2, -0.15) is 5.10 Å². The number of anilines is 3. The lowest BCUT2D eigenvalue weighted by Gasteiger charge is -2.24. The average molecular weight is 1820 g/mol. The molecular formula is C86H75Br3F3N19O9. The highest BCUT2D eigenvalue weighted by molar-refractivity contribution is 9.11. The summed E-state index contributed by atoms with van der Waals surface area (Å²) in [5.74, 6) is -0.468. The van der Waals surface area contributed by atoms with Crippen molar-refractivity contribution in [2.24, 2.45) is 0 Å². The second-order valence-corrected chi connectivity index (χ2v) is 32.2. The van der Waals surface area contributed by atoms with Gasteiger partial charge in [-0.15, -0.1) is 0 Å². The van der Waals surface area contributed by atoms with Crippen molar-refractivity contribution in [1.29, 1.82) is 0 Å². The van der Waals surface area contributed by atoms with Gasteiger partial charge in [-0.25, -0.2) is 57.6 Å². The first kappa shape index (κ1) is 82.4. The molecule has 13 heterocycles. The zero-order valence-electron chi connectivity index (χ0n) is 64.9. The summed E-state index contributed by atoms with van der Waals surface area (Å²) in [6, 6.07) is 30.8. The van der Waals surface area contributed by atoms with E-state index in [0.717, 1.165) is 63.3 Å². The van der Waals surface area contributed by atoms with Crippen LogP contribution in [-0.2, 0) is 48.4 Å². The standard InChI is InChI=1S/2C29H26BrFN6O3.C28H23BrFN7O3/c1-16(38)22-14-36(23-8-7-18(9-21(22)23)19-11-32-28(33-12-19)17-5-6-17)15-27(39)37-13-20(31)10-24(37)29(40)35-26-4-2-3-25(30)34-26;1-16(2)28-32-11-19(12-33-28)18-7-8-23-21(9-18)22(17(3)38)14-36(23)15-27(39)37-13-20(31)10-24(37)29(40)35-26-6-4-5-25(30)34-26;1-16(38)21-14-35(22-6-5-17(9-20(21)22)18-11-31-26-7-8-32-37(26)12-18)15-27(39)36-13-19(30)10-23(36)28(40)34-25-4-2-3-24(29)33-25/h2-4,7-9,11-12,14,17,20,24H,5-6,10,13,15H2,1H3,(H,34,35,40);4-9,11-12,14,20,24H,1,10,13,15H2,2-3H3,(H,34,35,40);2-9,11-12,14,19,23H,10,13,15H2,1H3,(H,33,34,40)/t2*20-,24+;19-,23+/m111/s1. The van der Waals surface area contributed by atoms with Crippen molar-refractivity contribution in [1.82, 2.24) is 77.9 Å². The van der Waals surface area contributed by atoms with Gasteiger partial charge in [0.15, 0.2) is 28.8 Å². The zero-order chi connectivity index (χ0) is 84.5. The van der Waals surface area contributed by atoms with Crippen LogP contribution in [0.15, 0.2) is 198 Å². The number of fused-ring (bicyclic) bond motifs is 4. The summed E-state index contributed by atoms with van der Waals surface area (Å²) < 4.78 is 51.7. The van der Waals surface area contributed by atoms with Crippen molar-refractivity contribution in [2.75, 3.05) is 35.6 Å². The average Bonchev–Trinajstić information content (AvgIpc) is 1.62. The van der Waals surface area contributed by atoms with Crippen LogP contribution in [-0.4, -0.2) is 187 Å². The van der Waals surface area contributed by atoms with Crippen molar-refractivity contribution < 1.29 is 56.3 Å². The Balaban J connectivity index is 0.000000140. The molecule has 0 unspecified atom stereocenters. The van der Waals surface area contributed by atoms with Crippen LogP contribution in [0.2, 0.25) is 0 Å². The van der Waals surface area contributed by atoms with Crippen LogP contribution in [0.1, 0.15) is 108 Å². The lowest BCUT2D eigenvalue weighted by molar-refractivity contribution is -0.137. The third-order valence-electron chi connectivity index (χ3n) is 21.1. The molecule has 3 aromatic carbocycles. The lowest BCUT2D eigenvalue weighted by Crippen LogP contribution is -2.44. The Hall–Kier alpha value is -12.7. The fourth-order valence-corrected chi connectivity index (χ4v) is 16.1. The summed E-state index contributed by atoms with van der Waals surface area (Å²) in [7, 11) is 0. The van der Waals surface area contributed by atoms with E-state index < -0.39 is 72.1 Å². The van der Waals surface area contributed by atoms with Crippen LogP contribution >= 0.6 is 47.8 Å². The number of nitrogens with one attached hydrogen (secondary N) is 3. The summed E-state index contributed by atoms with van der Waals surface area (Å²) in [5.41, 5.74) is 9.80. The number of allylic oxidation sites excluding steroid dienone is 1. The van der Waals surface area contributed by atoms with Crippen LogP contribution in [0, 0.1) is 0 Å². The number of hydrogen-bond acceptors (Lipinski definition) is 18. The predicted octanol–water partition coefficient (Wildman–Crippen LogP) is 14.3. The highest BCUT2D eigenvalue weighted by Gasteiger charge is 2.43. The molecule has 6 amide bonds. The summed E-state index contributed by atoms with van der Waals surface area (Å²) in [6.45, 7) is 9.07. The number of halogens is 6. The predicted molar refractivity (Wildman–Crippen MR) is 453 cm³/mol. The molecular weight excluding hydrogens is 1740 g/mol. The van der Waals surface area contributed by atoms with Crippen LogP contribution < -0.4 is 16.0 Å². The minimum Gasteiger partial charge on any atom is -0.337 e. The first-order chi connectivity index (χ1) is 57.6. The van der Waals surface area contributed by atoms with E-state index in [0.29, 0.717) is 92.4 Å². The Labute approximate surface area is 708 Å². The number of ketones is 3. The zero-order valence-corrected chi connectivity index (χ0v) is 69.6. The Morgan fingerprint density at radius 2 is 0.783 bits per heavy atom. The summed E-state index contributed by atoms with van der Waals surface area (Å²) in [5, 5.41) is 14.3. The number of nitrogens with zero attached hydrogens (tertiary/aromatic N) is 16. The number of amides is 6. The van der Waals surface area contributed by atoms with Gasteiger partial charge in [0.2, 0.25) is 35.4 Å². The van der Waals surface area contributed by atoms with Crippen LogP contribution in [0.25, 0.3) is 77.3 Å². The number of rotatable bonds is 20. The molecule has 4 aliphatic rings. The first-order valence-electron chi connectivity index (χ1n) is 38.3. The molecule has 3 aliphatic heterocycles. The first-order valence-corrected chi connectivity index (χ1v) is 40.6. The normalized spacial score (nSPS) is 17.5. The number of likely N-dealkylation sites (tertiary alicyclic amines) is 3. The molecule has 10 aromatic heterocycles. The van der Waals surface area contributed by atoms with Crippen molar-refractivity contribution in [3.63, 3.8) is 0 Å². The van der Waals surface area contributed by atoms with Gasteiger partial charge in [0.05, 0.1) is 25.8 Å². The van der Waals surface area contributed by atoms with E-state index >= 15 is 0 Å². The molecule has 1 saturated carbocycles. The van der Waals surface area contributed by atoms with Gasteiger partial charge in [-0.3, -0.25) is 43.2 Å². The van der Waals surface area contributed by atoms with Crippen molar-refractivity contribution in [2.45, 2.75) is 122 Å². The van der Waals surface area contributed by atoms with Gasteiger partial charge in [0.1, 0.15) is 93.4 Å². The van der Waals surface area contributed by atoms with E-state index in [-0.39, 0.29) is 75.9 Å². The van der Waals surface area contributed by atoms with E-state index in [1.807, 2.05) is 67.7 Å². The van der Waals surface area contributed by atoms with E-state index in [9.17, 15) is 56.3 Å². The number of benzene rings is 3. The van der Waals surface area contributed by atoms with Gasteiger partial charge in [0, 0.05) is 153 Å². The molecule has 0 spiro atoms. The topological polar surface area (TPSA) is 335 Å². The van der Waals surface area contributed by atoms with Crippen molar-refractivity contribution in [3.8, 4) is 33.4 Å². The number of aromatic nitrogens is 13. The molecule has 120 heavy (non-hydrogen) atoms. The van der Waals surface area contributed by atoms with E-state index in [1.165, 1.54) is 35.5 Å². The fraction of sp³-hybridized carbons (Fsp3) is 0.256. The molecule has 17 rings (SSSR count). The Morgan fingerprint density at radius 3 is 1.12 bits per heavy atom. The quantitative estimate of drug-likeness (QED) is 0.0471. The molecule has 34 heteroatoms. The van der Waals surface area contributed by atoms with E-state index in [4.69, 9.17) is 0 Å². The Bertz CT molecular complexity index is 6270. The third-order valence-corrected chi connectivity index (χ3v) is 22.4. The Kier molecular flexibility index (Phi) is 24.1. The SMILES string of the molecule is C=C(C)c1ncc(-c2ccc3c(c2)c(C(C)=O)cn3CC(=O)N2C[C@H](F)C[C@H]2C(=O)Nc2cccc(Br)n2)cn1.CC(=O)c1cn(CC(=O)N2C[C@H](F)C[C@H]2C(=O)Nc2cccc(Br)n2)c2ccc(-c3cnc(C4CC4)nc3)cc12.CC(=O)c1cn(CC(=O)N2C[C@H](F)C[C@H]2C(=O)Nc2cccc(Br)n2)c2ccc(-c3cnc4ccnn4c3)cc12. The monoisotopic (exact) mass is 1810 g/mol. The molecule has 1 aliphatic carbocycles. The lowest BCUT2D eigenvalue weighted by atomic mass is 10.0. The van der Waals surface area contributed by atoms with E-state index in [1.54, 1.807) is 135 Å². The maximum atomic E-state index is 14.5. The van der Waals surface area contributed by atoms with Crippen molar-refractivity contribution in [3.05, 3.63) is 226 Å². The molecule has 3 N–H and O–H groups in total. The van der Waals surface area contributed by atoms with Gasteiger partial charge in [-0.1, -0.05) is 43.0 Å². The molecule has 0 radical (unpaired) electrons. The number of carbonyl (C=O) groups excluding carboxylic acids is 9. The maximum absolute atomic E-state index is 14.5. The summed E-state index contributed by atoms with van der Waals surface area (Å²) in [6.07, 6.45) is 15.1. The molecule has 3 saturated heterocycles. The minimum absolute atomic E-state index is 0.0956. The number of Topliss-reactive ketones (excluding diaryl/α,β-unsaturated/α-hetero) is 3. The third kappa shape index (κ3) is 18.3. The van der Waals surface area contributed by atoms with Crippen LogP contribution in [0.4, 0.5) is 30.6 Å². The molecule has 13 aromatic rings. The van der Waals surface area contributed by atoms with Crippen LogP contribution in [0.5, 0.6) is 0 Å². The van der Waals surface area contributed by atoms with Gasteiger partial charge >= 0.3 is 0 Å². The number of hydrogen-bond donors (Lipinski definition) is 3. The summed E-state index contributed by atoms with van der Waals surface area (Å²) in [4.78, 5) is 155. The molecule has 28 nitrogen and oxygen atoms in total. The second-order valence-electron chi connectivity index (χ2n) is 29.7. The number of pyridine rings is 3. The molecule has 0 bridgehead atoms. The summed E-state index contributed by atoms with van der Waals surface area (Å²) >= 11 is 9.76. The van der Waals surface area contributed by atoms with Crippen molar-refractivity contribution >= 4 is 162 Å². The van der Waals surface area contributed by atoms with Crippen LogP contribution in [0.3, 0.4) is 0 Å². The highest BCUT2D eigenvalue weighted by atomic mass is 79.9. The largest absolute Gasteiger partial charge is 0.337 e. The molecule has 610 valence electrons. The van der Waals surface area contributed by atoms with E-state index in [2.05, 4.69) is 115 Å². The highest BCUT2D eigenvalue weighted by Crippen LogP contribution is 2.39. The smallest absolute Gasteiger partial charge is 0.248 e. The minimum atomic E-state index is -1.33. The fourth-order valence-electron chi connectivity index (χ4n) is 15.1. The van der Waals surface area contributed by atoms with Gasteiger partial charge < -0.3 is 44.4 Å². The molecule has 4 fully saturated rings. The second kappa shape index (κ2) is 35.1.